The zero-order valence-corrected chi connectivity index (χ0v) is 14.0. The zero-order chi connectivity index (χ0) is 17.7. The summed E-state index contributed by atoms with van der Waals surface area (Å²) in [7, 11) is 0. The number of likely N-dealkylation sites (N-methyl/N-ethyl adjacent to an activating group) is 1. The zero-order valence-electron chi connectivity index (χ0n) is 14.0. The van der Waals surface area contributed by atoms with Crippen LogP contribution in [0.2, 0.25) is 0 Å². The number of carbonyl (C=O) groups is 3. The highest BCUT2D eigenvalue weighted by Crippen LogP contribution is 2.17. The van der Waals surface area contributed by atoms with Gasteiger partial charge in [-0.15, -0.1) is 0 Å². The molecule has 1 atom stereocenters. The Morgan fingerprint density at radius 1 is 1.29 bits per heavy atom. The highest BCUT2D eigenvalue weighted by molar-refractivity contribution is 6.39. The number of hydrogen-bond donors (Lipinski definition) is 3. The number of rotatable bonds is 5. The number of aromatic carboxylic acids is 1. The smallest absolute Gasteiger partial charge is 0.335 e. The maximum atomic E-state index is 12.0. The van der Waals surface area contributed by atoms with E-state index >= 15 is 0 Å². The van der Waals surface area contributed by atoms with Crippen LogP contribution < -0.4 is 10.6 Å². The number of anilines is 1. The summed E-state index contributed by atoms with van der Waals surface area (Å²) < 4.78 is 0. The van der Waals surface area contributed by atoms with Crippen molar-refractivity contribution < 1.29 is 19.5 Å². The number of carbonyl (C=O) groups excluding carboxylic acids is 2. The Hall–Kier alpha value is -2.41. The van der Waals surface area contributed by atoms with E-state index in [0.29, 0.717) is 17.8 Å². The Morgan fingerprint density at radius 3 is 2.71 bits per heavy atom. The SMILES string of the molecule is CCN1CCCC1CNC(=O)C(=O)Nc1cc(C(=O)O)ccc1C. The van der Waals surface area contributed by atoms with Gasteiger partial charge in [0.1, 0.15) is 0 Å². The number of amides is 2. The quantitative estimate of drug-likeness (QED) is 0.704. The number of carboxylic acids is 1. The summed E-state index contributed by atoms with van der Waals surface area (Å²) >= 11 is 0. The van der Waals surface area contributed by atoms with Crippen molar-refractivity contribution in [1.29, 1.82) is 0 Å². The van der Waals surface area contributed by atoms with Crippen LogP contribution >= 0.6 is 0 Å². The minimum absolute atomic E-state index is 0.0563. The third-order valence-electron chi connectivity index (χ3n) is 4.34. The predicted octanol–water partition coefficient (Wildman–Crippen LogP) is 1.23. The van der Waals surface area contributed by atoms with E-state index in [1.54, 1.807) is 13.0 Å². The Morgan fingerprint density at radius 2 is 2.04 bits per heavy atom. The van der Waals surface area contributed by atoms with Gasteiger partial charge in [-0.25, -0.2) is 4.79 Å². The molecule has 3 N–H and O–H groups in total. The predicted molar refractivity (Wildman–Crippen MR) is 90.0 cm³/mol. The van der Waals surface area contributed by atoms with Crippen LogP contribution in [0, 0.1) is 6.92 Å². The summed E-state index contributed by atoms with van der Waals surface area (Å²) in [6, 6.07) is 4.66. The van der Waals surface area contributed by atoms with Crippen molar-refractivity contribution in [1.82, 2.24) is 10.2 Å². The lowest BCUT2D eigenvalue weighted by Gasteiger charge is -2.22. The number of benzene rings is 1. The second-order valence-corrected chi connectivity index (χ2v) is 5.92. The van der Waals surface area contributed by atoms with Crippen LogP contribution in [0.25, 0.3) is 0 Å². The van der Waals surface area contributed by atoms with Crippen LogP contribution in [0.15, 0.2) is 18.2 Å². The summed E-state index contributed by atoms with van der Waals surface area (Å²) in [5.41, 5.74) is 1.07. The van der Waals surface area contributed by atoms with Crippen molar-refractivity contribution >= 4 is 23.5 Å². The van der Waals surface area contributed by atoms with Gasteiger partial charge < -0.3 is 15.7 Å². The first-order chi connectivity index (χ1) is 11.4. The largest absolute Gasteiger partial charge is 0.478 e. The van der Waals surface area contributed by atoms with Crippen molar-refractivity contribution in [3.8, 4) is 0 Å². The number of aryl methyl sites for hydroxylation is 1. The molecule has 1 aromatic carbocycles. The van der Waals surface area contributed by atoms with Crippen molar-refractivity contribution in [3.63, 3.8) is 0 Å². The van der Waals surface area contributed by atoms with Crippen molar-refractivity contribution in [2.24, 2.45) is 0 Å². The van der Waals surface area contributed by atoms with E-state index < -0.39 is 17.8 Å². The molecule has 1 aliphatic rings. The normalized spacial score (nSPS) is 17.5. The van der Waals surface area contributed by atoms with Gasteiger partial charge in [-0.05, 0) is 50.6 Å². The lowest BCUT2D eigenvalue weighted by molar-refractivity contribution is -0.136. The van der Waals surface area contributed by atoms with E-state index in [2.05, 4.69) is 22.5 Å². The number of nitrogens with zero attached hydrogens (tertiary/aromatic N) is 1. The lowest BCUT2D eigenvalue weighted by Crippen LogP contribution is -2.43. The Balaban J connectivity index is 1.93. The standard InChI is InChI=1S/C17H23N3O4/c1-3-20-8-4-5-13(20)10-18-15(21)16(22)19-14-9-12(17(23)24)7-6-11(14)2/h6-7,9,13H,3-5,8,10H2,1-2H3,(H,18,21)(H,19,22)(H,23,24). The van der Waals surface area contributed by atoms with E-state index in [0.717, 1.165) is 25.9 Å². The molecule has 0 aromatic heterocycles. The Labute approximate surface area is 141 Å². The summed E-state index contributed by atoms with van der Waals surface area (Å²) in [6.07, 6.45) is 2.11. The van der Waals surface area contributed by atoms with Crippen molar-refractivity contribution in [2.75, 3.05) is 25.0 Å². The Bertz CT molecular complexity index is 645. The van der Waals surface area contributed by atoms with Crippen LogP contribution in [-0.4, -0.2) is 53.5 Å². The van der Waals surface area contributed by atoms with E-state index in [4.69, 9.17) is 5.11 Å². The fourth-order valence-corrected chi connectivity index (χ4v) is 2.90. The first-order valence-corrected chi connectivity index (χ1v) is 8.09. The average molecular weight is 333 g/mol. The number of hydrogen-bond acceptors (Lipinski definition) is 4. The topological polar surface area (TPSA) is 98.7 Å². The minimum Gasteiger partial charge on any atom is -0.478 e. The molecular weight excluding hydrogens is 310 g/mol. The molecule has 1 unspecified atom stereocenters. The summed E-state index contributed by atoms with van der Waals surface area (Å²) in [5.74, 6) is -2.59. The molecule has 0 aliphatic carbocycles. The van der Waals surface area contributed by atoms with Crippen LogP contribution in [0.1, 0.15) is 35.7 Å². The van der Waals surface area contributed by atoms with Crippen molar-refractivity contribution in [2.45, 2.75) is 32.7 Å². The van der Waals surface area contributed by atoms with E-state index in [9.17, 15) is 14.4 Å². The third-order valence-corrected chi connectivity index (χ3v) is 4.34. The summed E-state index contributed by atoms with van der Waals surface area (Å²) in [5, 5.41) is 14.1. The molecule has 0 bridgehead atoms. The second kappa shape index (κ2) is 7.92. The Kier molecular flexibility index (Phi) is 5.92. The molecule has 1 heterocycles. The maximum Gasteiger partial charge on any atom is 0.335 e. The van der Waals surface area contributed by atoms with E-state index in [-0.39, 0.29) is 11.6 Å². The van der Waals surface area contributed by atoms with Gasteiger partial charge >= 0.3 is 17.8 Å². The summed E-state index contributed by atoms with van der Waals surface area (Å²) in [4.78, 5) is 37.3. The molecule has 130 valence electrons. The van der Waals surface area contributed by atoms with Gasteiger partial charge in [0.2, 0.25) is 0 Å². The van der Waals surface area contributed by atoms with E-state index in [1.165, 1.54) is 12.1 Å². The first-order valence-electron chi connectivity index (χ1n) is 8.09. The molecule has 1 saturated heterocycles. The molecule has 1 fully saturated rings. The third kappa shape index (κ3) is 4.32. The average Bonchev–Trinajstić information content (AvgIpc) is 3.01. The van der Waals surface area contributed by atoms with Crippen LogP contribution in [-0.2, 0) is 9.59 Å². The fourth-order valence-electron chi connectivity index (χ4n) is 2.90. The van der Waals surface area contributed by atoms with E-state index in [1.807, 2.05) is 0 Å². The lowest BCUT2D eigenvalue weighted by atomic mass is 10.1. The number of likely N-dealkylation sites (tertiary alicyclic amines) is 1. The minimum atomic E-state index is -1.09. The first kappa shape index (κ1) is 17.9. The molecule has 2 rings (SSSR count). The molecule has 7 heteroatoms. The van der Waals surface area contributed by atoms with Crippen LogP contribution in [0.4, 0.5) is 5.69 Å². The molecule has 0 spiro atoms. The maximum absolute atomic E-state index is 12.0. The fraction of sp³-hybridized carbons (Fsp3) is 0.471. The van der Waals surface area contributed by atoms with Crippen molar-refractivity contribution in [3.05, 3.63) is 29.3 Å². The number of nitrogens with one attached hydrogen (secondary N) is 2. The highest BCUT2D eigenvalue weighted by Gasteiger charge is 2.24. The second-order valence-electron chi connectivity index (χ2n) is 5.92. The highest BCUT2D eigenvalue weighted by atomic mass is 16.4. The molecule has 2 amide bonds. The molecule has 24 heavy (non-hydrogen) atoms. The molecule has 0 radical (unpaired) electrons. The van der Waals surface area contributed by atoms with Gasteiger partial charge in [0.25, 0.3) is 0 Å². The van der Waals surface area contributed by atoms with Gasteiger partial charge in [-0.1, -0.05) is 13.0 Å². The molecular formula is C17H23N3O4. The molecule has 7 nitrogen and oxygen atoms in total. The monoisotopic (exact) mass is 333 g/mol. The van der Waals surface area contributed by atoms with Gasteiger partial charge in [0.15, 0.2) is 0 Å². The molecule has 1 aliphatic heterocycles. The summed E-state index contributed by atoms with van der Waals surface area (Å²) in [6.45, 7) is 6.19. The van der Waals surface area contributed by atoms with Crippen LogP contribution in [0.3, 0.4) is 0 Å². The molecule has 0 saturated carbocycles. The van der Waals surface area contributed by atoms with Crippen LogP contribution in [0.5, 0.6) is 0 Å². The van der Waals surface area contributed by atoms with Gasteiger partial charge in [0, 0.05) is 18.3 Å². The van der Waals surface area contributed by atoms with Gasteiger partial charge in [0.05, 0.1) is 5.56 Å². The van der Waals surface area contributed by atoms with Gasteiger partial charge in [-0.2, -0.15) is 0 Å². The number of carboxylic acid groups (broad SMARTS) is 1. The molecule has 1 aromatic rings. The van der Waals surface area contributed by atoms with Gasteiger partial charge in [-0.3, -0.25) is 14.5 Å².